The van der Waals surface area contributed by atoms with Gasteiger partial charge in [-0.1, -0.05) is 48.5 Å². The Kier molecular flexibility index (Phi) is 5.33. The third-order valence-corrected chi connectivity index (χ3v) is 4.89. The third kappa shape index (κ3) is 4.27. The van der Waals surface area contributed by atoms with Crippen LogP contribution in [-0.4, -0.2) is 16.1 Å². The number of ether oxygens (including phenoxy) is 1. The van der Waals surface area contributed by atoms with Crippen molar-refractivity contribution >= 4 is 19.2 Å². The van der Waals surface area contributed by atoms with Gasteiger partial charge in [-0.25, -0.2) is 0 Å². The molecule has 0 aliphatic carbocycles. The van der Waals surface area contributed by atoms with Crippen LogP contribution in [0.2, 0.25) is 0 Å². The first-order valence-corrected chi connectivity index (χ1v) is 9.51. The van der Waals surface area contributed by atoms with Crippen molar-refractivity contribution in [2.24, 2.45) is 0 Å². The molecule has 0 radical (unpaired) electrons. The molecule has 6 heteroatoms. The highest BCUT2D eigenvalue weighted by molar-refractivity contribution is 7.60. The number of carbonyl (C=O) groups excluding carboxylic acids is 1. The Labute approximate surface area is 151 Å². The van der Waals surface area contributed by atoms with Gasteiger partial charge in [0.25, 0.3) is 0 Å². The van der Waals surface area contributed by atoms with E-state index in [9.17, 15) is 19.1 Å². The van der Waals surface area contributed by atoms with Crippen molar-refractivity contribution < 1.29 is 23.9 Å². The molecule has 0 amide bonds. The standard InChI is InChI=1S/C20H17O5P/c21-13-18-7-6-17(16-8-10-19(11-9-16)26(22,23)24)12-20(18)25-14-15-4-2-1-3-5-15/h1-13H,14H2,(H2,22,23,24). The summed E-state index contributed by atoms with van der Waals surface area (Å²) in [6.07, 6.45) is 0.737. The van der Waals surface area contributed by atoms with E-state index in [-0.39, 0.29) is 5.30 Å². The Morgan fingerprint density at radius 3 is 2.15 bits per heavy atom. The quantitative estimate of drug-likeness (QED) is 0.514. The summed E-state index contributed by atoms with van der Waals surface area (Å²) < 4.78 is 17.1. The molecule has 0 unspecified atom stereocenters. The predicted octanol–water partition coefficient (Wildman–Crippen LogP) is 3.55. The minimum Gasteiger partial charge on any atom is -0.488 e. The number of benzene rings is 3. The molecule has 3 aromatic carbocycles. The van der Waals surface area contributed by atoms with Crippen molar-refractivity contribution in [3.05, 3.63) is 83.9 Å². The van der Waals surface area contributed by atoms with Gasteiger partial charge >= 0.3 is 7.60 Å². The largest absolute Gasteiger partial charge is 0.488 e. The number of aldehydes is 1. The second kappa shape index (κ2) is 7.67. The summed E-state index contributed by atoms with van der Waals surface area (Å²) in [4.78, 5) is 29.7. The maximum absolute atomic E-state index is 11.3. The van der Waals surface area contributed by atoms with Crippen LogP contribution >= 0.6 is 7.60 Å². The van der Waals surface area contributed by atoms with Crippen LogP contribution in [0.5, 0.6) is 5.75 Å². The molecular weight excluding hydrogens is 351 g/mol. The van der Waals surface area contributed by atoms with E-state index in [1.54, 1.807) is 30.3 Å². The molecule has 5 nitrogen and oxygen atoms in total. The maximum atomic E-state index is 11.3. The topological polar surface area (TPSA) is 83.8 Å². The van der Waals surface area contributed by atoms with Gasteiger partial charge in [0.05, 0.1) is 10.9 Å². The summed E-state index contributed by atoms with van der Waals surface area (Å²) in [6, 6.07) is 20.9. The van der Waals surface area contributed by atoms with Gasteiger partial charge in [0.1, 0.15) is 12.4 Å². The minimum absolute atomic E-state index is 0.0358. The zero-order valence-electron chi connectivity index (χ0n) is 13.8. The second-order valence-electron chi connectivity index (χ2n) is 5.74. The van der Waals surface area contributed by atoms with Crippen LogP contribution in [0.1, 0.15) is 15.9 Å². The fourth-order valence-corrected chi connectivity index (χ4v) is 3.06. The molecule has 0 bridgehead atoms. The van der Waals surface area contributed by atoms with Crippen molar-refractivity contribution in [2.45, 2.75) is 6.61 Å². The Morgan fingerprint density at radius 2 is 1.54 bits per heavy atom. The first kappa shape index (κ1) is 18.1. The average molecular weight is 368 g/mol. The zero-order chi connectivity index (χ0) is 18.6. The van der Waals surface area contributed by atoms with Gasteiger partial charge in [0.15, 0.2) is 6.29 Å². The summed E-state index contributed by atoms with van der Waals surface area (Å²) in [7, 11) is -4.27. The highest BCUT2D eigenvalue weighted by Gasteiger charge is 2.16. The summed E-state index contributed by atoms with van der Waals surface area (Å²) >= 11 is 0. The highest BCUT2D eigenvalue weighted by atomic mass is 31.2. The molecule has 3 aromatic rings. The van der Waals surface area contributed by atoms with E-state index in [0.29, 0.717) is 17.9 Å². The van der Waals surface area contributed by atoms with E-state index in [1.807, 2.05) is 30.3 Å². The first-order chi connectivity index (χ1) is 12.5. The molecule has 0 saturated carbocycles. The maximum Gasteiger partial charge on any atom is 0.356 e. The van der Waals surface area contributed by atoms with E-state index < -0.39 is 7.60 Å². The van der Waals surface area contributed by atoms with Gasteiger partial charge in [0, 0.05) is 0 Å². The number of rotatable bonds is 6. The molecule has 0 spiro atoms. The zero-order valence-corrected chi connectivity index (χ0v) is 14.7. The van der Waals surface area contributed by atoms with Crippen LogP contribution in [0.4, 0.5) is 0 Å². The van der Waals surface area contributed by atoms with E-state index in [4.69, 9.17) is 4.74 Å². The van der Waals surface area contributed by atoms with Crippen LogP contribution in [-0.2, 0) is 11.2 Å². The lowest BCUT2D eigenvalue weighted by molar-refractivity contribution is 0.111. The van der Waals surface area contributed by atoms with Crippen LogP contribution in [0.15, 0.2) is 72.8 Å². The van der Waals surface area contributed by atoms with Crippen molar-refractivity contribution in [2.75, 3.05) is 0 Å². The highest BCUT2D eigenvalue weighted by Crippen LogP contribution is 2.34. The molecule has 26 heavy (non-hydrogen) atoms. The third-order valence-electron chi connectivity index (χ3n) is 3.91. The molecular formula is C20H17O5P. The van der Waals surface area contributed by atoms with E-state index in [1.165, 1.54) is 12.1 Å². The van der Waals surface area contributed by atoms with Crippen LogP contribution in [0.25, 0.3) is 11.1 Å². The molecule has 0 atom stereocenters. The summed E-state index contributed by atoms with van der Waals surface area (Å²) in [5.41, 5.74) is 2.98. The molecule has 0 heterocycles. The predicted molar refractivity (Wildman–Crippen MR) is 99.7 cm³/mol. The van der Waals surface area contributed by atoms with Crippen LogP contribution in [0.3, 0.4) is 0 Å². The van der Waals surface area contributed by atoms with Gasteiger partial charge in [-0.2, -0.15) is 0 Å². The molecule has 132 valence electrons. The summed E-state index contributed by atoms with van der Waals surface area (Å²) in [5, 5.41) is -0.0358. The van der Waals surface area contributed by atoms with Crippen molar-refractivity contribution in [3.63, 3.8) is 0 Å². The van der Waals surface area contributed by atoms with E-state index in [2.05, 4.69) is 0 Å². The monoisotopic (exact) mass is 368 g/mol. The normalized spacial score (nSPS) is 11.2. The van der Waals surface area contributed by atoms with E-state index in [0.717, 1.165) is 23.0 Å². The molecule has 0 aromatic heterocycles. The second-order valence-corrected chi connectivity index (χ2v) is 7.34. The van der Waals surface area contributed by atoms with Crippen molar-refractivity contribution in [1.29, 1.82) is 0 Å². The lowest BCUT2D eigenvalue weighted by atomic mass is 10.0. The van der Waals surface area contributed by atoms with Crippen LogP contribution in [0, 0.1) is 0 Å². The first-order valence-electron chi connectivity index (χ1n) is 7.90. The van der Waals surface area contributed by atoms with Crippen molar-refractivity contribution in [3.8, 4) is 16.9 Å². The molecule has 0 fully saturated rings. The minimum atomic E-state index is -4.27. The lowest BCUT2D eigenvalue weighted by Gasteiger charge is -2.11. The van der Waals surface area contributed by atoms with Crippen molar-refractivity contribution in [1.82, 2.24) is 0 Å². The van der Waals surface area contributed by atoms with E-state index >= 15 is 0 Å². The SMILES string of the molecule is O=Cc1ccc(-c2ccc(P(=O)(O)O)cc2)cc1OCc1ccccc1. The number of hydrogen-bond donors (Lipinski definition) is 2. The summed E-state index contributed by atoms with van der Waals surface area (Å²) in [6.45, 7) is 0.336. The number of hydrogen-bond acceptors (Lipinski definition) is 3. The molecule has 0 aliphatic heterocycles. The van der Waals surface area contributed by atoms with Crippen LogP contribution < -0.4 is 10.0 Å². The Bertz CT molecular complexity index is 946. The molecule has 2 N–H and O–H groups in total. The lowest BCUT2D eigenvalue weighted by Crippen LogP contribution is -2.02. The Hall–Kier alpha value is -2.72. The smallest absolute Gasteiger partial charge is 0.356 e. The fourth-order valence-electron chi connectivity index (χ4n) is 2.52. The van der Waals surface area contributed by atoms with Gasteiger partial charge in [-0.3, -0.25) is 9.36 Å². The fraction of sp³-hybridized carbons (Fsp3) is 0.0500. The van der Waals surface area contributed by atoms with Gasteiger partial charge in [-0.15, -0.1) is 0 Å². The average Bonchev–Trinajstić information content (AvgIpc) is 2.66. The Balaban J connectivity index is 1.87. The van der Waals surface area contributed by atoms with Gasteiger partial charge in [0.2, 0.25) is 0 Å². The van der Waals surface area contributed by atoms with Gasteiger partial charge < -0.3 is 14.5 Å². The number of carbonyl (C=O) groups is 1. The summed E-state index contributed by atoms with van der Waals surface area (Å²) in [5.74, 6) is 0.459. The van der Waals surface area contributed by atoms with Gasteiger partial charge in [-0.05, 0) is 41.0 Å². The molecule has 3 rings (SSSR count). The Morgan fingerprint density at radius 1 is 0.885 bits per heavy atom. The molecule has 0 aliphatic rings. The molecule has 0 saturated heterocycles.